The molecule has 0 aromatic carbocycles. The molecule has 0 N–H and O–H groups in total. The minimum atomic E-state index is 0.0744. The Kier molecular flexibility index (Phi) is 6.16. The highest BCUT2D eigenvalue weighted by atomic mass is 32.2. The molecular weight excluding hydrogens is 432 g/mol. The quantitative estimate of drug-likeness (QED) is 0.382. The zero-order valence-electron chi connectivity index (χ0n) is 18.1. The van der Waals surface area contributed by atoms with Crippen molar-refractivity contribution < 1.29 is 9.26 Å². The molecule has 166 valence electrons. The molecular formula is C22H28N4O3S2. The van der Waals surface area contributed by atoms with E-state index in [1.807, 2.05) is 4.57 Å². The van der Waals surface area contributed by atoms with Gasteiger partial charge >= 0.3 is 0 Å². The SMILES string of the molecule is CCCc1noc(CSc2nc3sc4c(c3c(=O)n2CC2CCCO2)CCC(C)C4)n1. The molecule has 0 saturated carbocycles. The second-order valence-corrected chi connectivity index (χ2v) is 10.6. The first-order chi connectivity index (χ1) is 15.1. The lowest BCUT2D eigenvalue weighted by Crippen LogP contribution is -2.29. The molecule has 1 aliphatic carbocycles. The van der Waals surface area contributed by atoms with Gasteiger partial charge in [-0.05, 0) is 50.0 Å². The normalized spacial score (nSPS) is 21.1. The van der Waals surface area contributed by atoms with E-state index >= 15 is 0 Å². The summed E-state index contributed by atoms with van der Waals surface area (Å²) in [6, 6.07) is 0. The predicted octanol–water partition coefficient (Wildman–Crippen LogP) is 4.39. The molecule has 31 heavy (non-hydrogen) atoms. The van der Waals surface area contributed by atoms with Gasteiger partial charge in [0.15, 0.2) is 11.0 Å². The zero-order chi connectivity index (χ0) is 21.4. The number of nitrogens with zero attached hydrogens (tertiary/aromatic N) is 4. The van der Waals surface area contributed by atoms with Gasteiger partial charge in [-0.1, -0.05) is 30.8 Å². The zero-order valence-corrected chi connectivity index (χ0v) is 19.7. The third-order valence-electron chi connectivity index (χ3n) is 6.10. The van der Waals surface area contributed by atoms with Crippen LogP contribution in [0.25, 0.3) is 10.2 Å². The van der Waals surface area contributed by atoms with Gasteiger partial charge in [0.2, 0.25) is 5.89 Å². The second-order valence-electron chi connectivity index (χ2n) is 8.62. The largest absolute Gasteiger partial charge is 0.376 e. The van der Waals surface area contributed by atoms with Crippen molar-refractivity contribution in [2.24, 2.45) is 5.92 Å². The maximum absolute atomic E-state index is 13.7. The van der Waals surface area contributed by atoms with Gasteiger partial charge in [-0.25, -0.2) is 4.98 Å². The Balaban J connectivity index is 1.50. The molecule has 0 amide bonds. The summed E-state index contributed by atoms with van der Waals surface area (Å²) in [4.78, 5) is 25.3. The fraction of sp³-hybridized carbons (Fsp3) is 0.636. The summed E-state index contributed by atoms with van der Waals surface area (Å²) >= 11 is 3.19. The number of fused-ring (bicyclic) bond motifs is 3. The smallest absolute Gasteiger partial charge is 0.263 e. The van der Waals surface area contributed by atoms with Crippen molar-refractivity contribution in [3.63, 3.8) is 0 Å². The Morgan fingerprint density at radius 3 is 3.00 bits per heavy atom. The molecule has 1 fully saturated rings. The van der Waals surface area contributed by atoms with Crippen molar-refractivity contribution in [2.75, 3.05) is 6.61 Å². The van der Waals surface area contributed by atoms with Crippen LogP contribution in [-0.2, 0) is 36.3 Å². The van der Waals surface area contributed by atoms with Gasteiger partial charge in [-0.15, -0.1) is 11.3 Å². The molecule has 4 heterocycles. The van der Waals surface area contributed by atoms with E-state index in [9.17, 15) is 4.79 Å². The number of ether oxygens (including phenoxy) is 1. The molecule has 1 aliphatic heterocycles. The number of rotatable bonds is 7. The van der Waals surface area contributed by atoms with Crippen LogP contribution in [0.1, 0.15) is 61.7 Å². The summed E-state index contributed by atoms with van der Waals surface area (Å²) in [5.41, 5.74) is 1.31. The number of aromatic nitrogens is 4. The Labute approximate surface area is 189 Å². The number of thiophene rings is 1. The molecule has 9 heteroatoms. The molecule has 7 nitrogen and oxygen atoms in total. The van der Waals surface area contributed by atoms with Crippen LogP contribution in [-0.4, -0.2) is 32.4 Å². The van der Waals surface area contributed by atoms with Crippen molar-refractivity contribution in [3.8, 4) is 0 Å². The number of hydrogen-bond donors (Lipinski definition) is 0. The first kappa shape index (κ1) is 21.2. The topological polar surface area (TPSA) is 83.0 Å². The fourth-order valence-corrected chi connectivity index (χ4v) is 6.74. The molecule has 2 atom stereocenters. The lowest BCUT2D eigenvalue weighted by Gasteiger charge is -2.18. The van der Waals surface area contributed by atoms with Gasteiger partial charge in [0.25, 0.3) is 5.56 Å². The summed E-state index contributed by atoms with van der Waals surface area (Å²) in [5, 5.41) is 5.58. The Morgan fingerprint density at radius 1 is 1.29 bits per heavy atom. The monoisotopic (exact) mass is 460 g/mol. The van der Waals surface area contributed by atoms with E-state index < -0.39 is 0 Å². The third-order valence-corrected chi connectivity index (χ3v) is 8.21. The maximum Gasteiger partial charge on any atom is 0.263 e. The van der Waals surface area contributed by atoms with Crippen LogP contribution in [0, 0.1) is 5.92 Å². The number of hydrogen-bond acceptors (Lipinski definition) is 8. The molecule has 5 rings (SSSR count). The van der Waals surface area contributed by atoms with Gasteiger partial charge in [0.1, 0.15) is 4.83 Å². The Hall–Kier alpha value is -1.71. The highest BCUT2D eigenvalue weighted by Gasteiger charge is 2.26. The number of thioether (sulfide) groups is 1. The molecule has 3 aromatic rings. The predicted molar refractivity (Wildman–Crippen MR) is 122 cm³/mol. The molecule has 0 spiro atoms. The minimum Gasteiger partial charge on any atom is -0.376 e. The summed E-state index contributed by atoms with van der Waals surface area (Å²) in [6.45, 7) is 5.70. The average Bonchev–Trinajstić information content (AvgIpc) is 3.48. The third kappa shape index (κ3) is 4.32. The minimum absolute atomic E-state index is 0.0744. The first-order valence-electron chi connectivity index (χ1n) is 11.2. The first-order valence-corrected chi connectivity index (χ1v) is 13.0. The van der Waals surface area contributed by atoms with Crippen LogP contribution in [0.3, 0.4) is 0 Å². The molecule has 2 aliphatic rings. The Bertz CT molecular complexity index is 1130. The number of aryl methyl sites for hydroxylation is 2. The van der Waals surface area contributed by atoms with Gasteiger partial charge in [-0.3, -0.25) is 9.36 Å². The van der Waals surface area contributed by atoms with Crippen LogP contribution in [0.4, 0.5) is 0 Å². The van der Waals surface area contributed by atoms with Crippen LogP contribution in [0.5, 0.6) is 0 Å². The van der Waals surface area contributed by atoms with Crippen molar-refractivity contribution in [1.82, 2.24) is 19.7 Å². The summed E-state index contributed by atoms with van der Waals surface area (Å²) in [5.74, 6) is 2.48. The molecule has 0 radical (unpaired) electrons. The Morgan fingerprint density at radius 2 is 2.19 bits per heavy atom. The summed E-state index contributed by atoms with van der Waals surface area (Å²) < 4.78 is 13.1. The molecule has 0 bridgehead atoms. The highest BCUT2D eigenvalue weighted by molar-refractivity contribution is 7.98. The van der Waals surface area contributed by atoms with E-state index in [0.717, 1.165) is 72.8 Å². The molecule has 1 saturated heterocycles. The van der Waals surface area contributed by atoms with Crippen LogP contribution in [0.15, 0.2) is 14.5 Å². The van der Waals surface area contributed by atoms with E-state index in [2.05, 4.69) is 24.0 Å². The van der Waals surface area contributed by atoms with Crippen LogP contribution >= 0.6 is 23.1 Å². The van der Waals surface area contributed by atoms with Gasteiger partial charge < -0.3 is 9.26 Å². The summed E-state index contributed by atoms with van der Waals surface area (Å²) in [6.07, 6.45) is 7.05. The highest BCUT2D eigenvalue weighted by Crippen LogP contribution is 2.37. The molecule has 3 aromatic heterocycles. The van der Waals surface area contributed by atoms with Crippen molar-refractivity contribution in [1.29, 1.82) is 0 Å². The van der Waals surface area contributed by atoms with E-state index in [4.69, 9.17) is 14.2 Å². The lowest BCUT2D eigenvalue weighted by atomic mass is 9.89. The maximum atomic E-state index is 13.7. The second kappa shape index (κ2) is 9.03. The van der Waals surface area contributed by atoms with E-state index in [-0.39, 0.29) is 11.7 Å². The van der Waals surface area contributed by atoms with E-state index in [1.54, 1.807) is 11.3 Å². The van der Waals surface area contributed by atoms with E-state index in [1.165, 1.54) is 22.2 Å². The summed E-state index contributed by atoms with van der Waals surface area (Å²) in [7, 11) is 0. The average molecular weight is 461 g/mol. The standard InChI is InChI=1S/C22H28N4O3S2/c1-3-5-17-23-18(29-25-17)12-30-22-24-20-19(15-8-7-13(2)10-16(15)31-20)21(27)26(22)11-14-6-4-9-28-14/h13-14H,3-12H2,1-2H3. The van der Waals surface area contributed by atoms with Crippen molar-refractivity contribution in [3.05, 3.63) is 32.5 Å². The fourth-order valence-electron chi connectivity index (χ4n) is 4.47. The van der Waals surface area contributed by atoms with Crippen molar-refractivity contribution in [2.45, 2.75) is 82.4 Å². The van der Waals surface area contributed by atoms with Crippen molar-refractivity contribution >= 4 is 33.3 Å². The van der Waals surface area contributed by atoms with Gasteiger partial charge in [-0.2, -0.15) is 4.98 Å². The van der Waals surface area contributed by atoms with Crippen LogP contribution in [0.2, 0.25) is 0 Å². The van der Waals surface area contributed by atoms with Crippen LogP contribution < -0.4 is 5.56 Å². The molecule has 2 unspecified atom stereocenters. The van der Waals surface area contributed by atoms with Gasteiger partial charge in [0, 0.05) is 17.9 Å². The van der Waals surface area contributed by atoms with E-state index in [0.29, 0.717) is 24.1 Å². The lowest BCUT2D eigenvalue weighted by molar-refractivity contribution is 0.0937. The van der Waals surface area contributed by atoms with Gasteiger partial charge in [0.05, 0.1) is 23.8 Å².